The maximum atomic E-state index is 5.34. The molecule has 0 aliphatic carbocycles. The van der Waals surface area contributed by atoms with Crippen molar-refractivity contribution in [3.8, 4) is 0 Å². The van der Waals surface area contributed by atoms with Crippen LogP contribution in [0.2, 0.25) is 0 Å². The minimum atomic E-state index is 0.581. The molecular weight excluding hydrogens is 254 g/mol. The van der Waals surface area contributed by atoms with Gasteiger partial charge in [0.15, 0.2) is 5.16 Å². The number of hydrazine groups is 1. The molecule has 102 valence electrons. The molecule has 0 bridgehead atoms. The zero-order chi connectivity index (χ0) is 13.2. The smallest absolute Gasteiger partial charge is 0.191 e. The van der Waals surface area contributed by atoms with E-state index < -0.39 is 0 Å². The molecular formula is C10H19N5O2S. The lowest BCUT2D eigenvalue weighted by Gasteiger charge is -2.09. The number of aromatic nitrogens is 2. The van der Waals surface area contributed by atoms with E-state index in [2.05, 4.69) is 20.7 Å². The van der Waals surface area contributed by atoms with Gasteiger partial charge in [0.25, 0.3) is 0 Å². The van der Waals surface area contributed by atoms with Crippen molar-refractivity contribution in [2.45, 2.75) is 5.16 Å². The van der Waals surface area contributed by atoms with Gasteiger partial charge in [0.05, 0.1) is 19.8 Å². The van der Waals surface area contributed by atoms with Gasteiger partial charge in [0.1, 0.15) is 11.6 Å². The van der Waals surface area contributed by atoms with Gasteiger partial charge < -0.3 is 20.2 Å². The summed E-state index contributed by atoms with van der Waals surface area (Å²) in [5.41, 5.74) is 2.51. The summed E-state index contributed by atoms with van der Waals surface area (Å²) < 4.78 is 10.2. The molecule has 0 radical (unpaired) electrons. The molecule has 0 spiro atoms. The van der Waals surface area contributed by atoms with Crippen molar-refractivity contribution in [3.05, 3.63) is 6.07 Å². The Morgan fingerprint density at radius 2 is 2.06 bits per heavy atom. The van der Waals surface area contributed by atoms with Gasteiger partial charge in [-0.3, -0.25) is 0 Å². The van der Waals surface area contributed by atoms with E-state index in [1.54, 1.807) is 13.2 Å². The Bertz CT molecular complexity index is 331. The van der Waals surface area contributed by atoms with Crippen molar-refractivity contribution in [1.82, 2.24) is 9.97 Å². The van der Waals surface area contributed by atoms with Gasteiger partial charge in [-0.15, -0.1) is 0 Å². The Hall–Kier alpha value is -1.09. The first-order valence-electron chi connectivity index (χ1n) is 5.50. The summed E-state index contributed by atoms with van der Waals surface area (Å²) in [6.07, 6.45) is 1.91. The topological polar surface area (TPSA) is 94.3 Å². The van der Waals surface area contributed by atoms with Gasteiger partial charge >= 0.3 is 0 Å². The Morgan fingerprint density at radius 1 is 1.28 bits per heavy atom. The van der Waals surface area contributed by atoms with Crippen LogP contribution < -0.4 is 16.6 Å². The second-order valence-corrected chi connectivity index (χ2v) is 4.07. The monoisotopic (exact) mass is 273 g/mol. The van der Waals surface area contributed by atoms with Crippen molar-refractivity contribution < 1.29 is 9.47 Å². The molecule has 0 saturated carbocycles. The highest BCUT2D eigenvalue weighted by Gasteiger charge is 2.02. The fourth-order valence-electron chi connectivity index (χ4n) is 1.18. The van der Waals surface area contributed by atoms with Crippen LogP contribution in [-0.4, -0.2) is 49.7 Å². The van der Waals surface area contributed by atoms with Gasteiger partial charge in [-0.1, -0.05) is 11.8 Å². The number of anilines is 2. The van der Waals surface area contributed by atoms with E-state index >= 15 is 0 Å². The fraction of sp³-hybridized carbons (Fsp3) is 0.600. The summed E-state index contributed by atoms with van der Waals surface area (Å²) in [6.45, 7) is 2.45. The van der Waals surface area contributed by atoms with Crippen molar-refractivity contribution >= 4 is 23.4 Å². The first-order valence-corrected chi connectivity index (χ1v) is 6.73. The molecule has 0 aliphatic rings. The van der Waals surface area contributed by atoms with E-state index in [1.807, 2.05) is 6.26 Å². The van der Waals surface area contributed by atoms with Crippen molar-refractivity contribution in [1.29, 1.82) is 0 Å². The maximum Gasteiger partial charge on any atom is 0.191 e. The third-order valence-corrected chi connectivity index (χ3v) is 2.57. The summed E-state index contributed by atoms with van der Waals surface area (Å²) in [7, 11) is 1.65. The molecule has 0 aromatic carbocycles. The number of nitrogen functional groups attached to an aromatic ring is 1. The molecule has 7 nitrogen and oxygen atoms in total. The first-order chi connectivity index (χ1) is 8.80. The van der Waals surface area contributed by atoms with Gasteiger partial charge in [-0.2, -0.15) is 0 Å². The molecule has 0 amide bonds. The zero-order valence-corrected chi connectivity index (χ0v) is 11.4. The van der Waals surface area contributed by atoms with Crippen LogP contribution in [0.1, 0.15) is 0 Å². The first kappa shape index (κ1) is 15.0. The molecule has 0 fully saturated rings. The molecule has 1 aromatic rings. The van der Waals surface area contributed by atoms with Crippen molar-refractivity contribution in [2.24, 2.45) is 5.84 Å². The summed E-state index contributed by atoms with van der Waals surface area (Å²) in [6, 6.07) is 1.74. The van der Waals surface area contributed by atoms with E-state index in [-0.39, 0.29) is 0 Å². The number of nitrogens with one attached hydrogen (secondary N) is 2. The van der Waals surface area contributed by atoms with Crippen LogP contribution in [0, 0.1) is 0 Å². The highest BCUT2D eigenvalue weighted by Crippen LogP contribution is 2.16. The number of nitrogens with zero attached hydrogens (tertiary/aromatic N) is 2. The van der Waals surface area contributed by atoms with E-state index in [0.29, 0.717) is 37.3 Å². The highest BCUT2D eigenvalue weighted by molar-refractivity contribution is 7.98. The summed E-state index contributed by atoms with van der Waals surface area (Å²) in [4.78, 5) is 8.47. The summed E-state index contributed by atoms with van der Waals surface area (Å²) in [5, 5.41) is 3.81. The normalized spacial score (nSPS) is 10.4. The third kappa shape index (κ3) is 5.50. The van der Waals surface area contributed by atoms with Gasteiger partial charge in [0, 0.05) is 19.7 Å². The van der Waals surface area contributed by atoms with Crippen molar-refractivity contribution in [3.63, 3.8) is 0 Å². The average Bonchev–Trinajstić information content (AvgIpc) is 2.42. The van der Waals surface area contributed by atoms with Gasteiger partial charge in [-0.05, 0) is 6.26 Å². The molecule has 0 unspecified atom stereocenters. The molecule has 4 N–H and O–H groups in total. The number of hydrogen-bond acceptors (Lipinski definition) is 8. The largest absolute Gasteiger partial charge is 0.382 e. The SMILES string of the molecule is COCCOCCNc1cc(NN)nc(SC)n1. The Morgan fingerprint density at radius 3 is 2.72 bits per heavy atom. The van der Waals surface area contributed by atoms with Crippen molar-refractivity contribution in [2.75, 3.05) is 50.5 Å². The number of hydrogen-bond donors (Lipinski definition) is 3. The molecule has 1 aromatic heterocycles. The van der Waals surface area contributed by atoms with Crippen LogP contribution in [0.3, 0.4) is 0 Å². The molecule has 1 heterocycles. The predicted octanol–water partition coefficient (Wildman–Crippen LogP) is 0.559. The van der Waals surface area contributed by atoms with Crippen LogP contribution in [0.5, 0.6) is 0 Å². The minimum Gasteiger partial charge on any atom is -0.382 e. The number of methoxy groups -OCH3 is 1. The van der Waals surface area contributed by atoms with E-state index in [4.69, 9.17) is 15.3 Å². The number of nitrogens with two attached hydrogens (primary N) is 1. The molecule has 8 heteroatoms. The van der Waals surface area contributed by atoms with Crippen LogP contribution >= 0.6 is 11.8 Å². The molecule has 0 saturated heterocycles. The van der Waals surface area contributed by atoms with E-state index in [9.17, 15) is 0 Å². The quantitative estimate of drug-likeness (QED) is 0.197. The maximum absolute atomic E-state index is 5.34. The molecule has 1 rings (SSSR count). The lowest BCUT2D eigenvalue weighted by atomic mass is 10.5. The van der Waals surface area contributed by atoms with Crippen LogP contribution in [0.15, 0.2) is 11.2 Å². The van der Waals surface area contributed by atoms with Crippen LogP contribution in [0.4, 0.5) is 11.6 Å². The second-order valence-electron chi connectivity index (χ2n) is 3.30. The van der Waals surface area contributed by atoms with Gasteiger partial charge in [0.2, 0.25) is 0 Å². The predicted molar refractivity (Wildman–Crippen MR) is 72.8 cm³/mol. The molecule has 18 heavy (non-hydrogen) atoms. The zero-order valence-electron chi connectivity index (χ0n) is 10.6. The Labute approximate surface area is 111 Å². The third-order valence-electron chi connectivity index (χ3n) is 2.02. The number of thioether (sulfide) groups is 1. The minimum absolute atomic E-state index is 0.581. The molecule has 0 aliphatic heterocycles. The number of ether oxygens (including phenoxy) is 2. The van der Waals surface area contributed by atoms with Gasteiger partial charge in [-0.25, -0.2) is 15.8 Å². The summed E-state index contributed by atoms with van der Waals surface area (Å²) in [5.74, 6) is 6.64. The van der Waals surface area contributed by atoms with Crippen LogP contribution in [-0.2, 0) is 9.47 Å². The van der Waals surface area contributed by atoms with Crippen LogP contribution in [0.25, 0.3) is 0 Å². The molecule has 0 atom stereocenters. The lowest BCUT2D eigenvalue weighted by Crippen LogP contribution is -2.14. The average molecular weight is 273 g/mol. The second kappa shape index (κ2) is 8.92. The van der Waals surface area contributed by atoms with E-state index in [0.717, 1.165) is 5.82 Å². The summed E-state index contributed by atoms with van der Waals surface area (Å²) >= 11 is 1.46. The Balaban J connectivity index is 2.36. The number of rotatable bonds is 9. The fourth-order valence-corrected chi connectivity index (χ4v) is 1.56. The standard InChI is InChI=1S/C10H19N5O2S/c1-16-5-6-17-4-3-12-8-7-9(15-11)14-10(13-8)18-2/h7H,3-6,11H2,1-2H3,(H2,12,13,14,15). The van der Waals surface area contributed by atoms with E-state index in [1.165, 1.54) is 11.8 Å². The Kier molecular flexibility index (Phi) is 7.42. The lowest BCUT2D eigenvalue weighted by molar-refractivity contribution is 0.0759. The highest BCUT2D eigenvalue weighted by atomic mass is 32.2.